The third-order valence-electron chi connectivity index (χ3n) is 4.11. The molecule has 1 nitrogen and oxygen atoms in total. The molecule has 3 heteroatoms. The molecular formula is C16H23F2N. The molecule has 1 N–H and O–H groups in total. The van der Waals surface area contributed by atoms with Crippen molar-refractivity contribution in [2.45, 2.75) is 52.1 Å². The lowest BCUT2D eigenvalue weighted by molar-refractivity contribution is 0.227. The quantitative estimate of drug-likeness (QED) is 0.853. The van der Waals surface area contributed by atoms with Gasteiger partial charge in [0.25, 0.3) is 0 Å². The molecule has 0 aromatic heterocycles. The predicted octanol–water partition coefficient (Wildman–Crippen LogP) is 4.44. The van der Waals surface area contributed by atoms with Crippen LogP contribution in [0.5, 0.6) is 0 Å². The Hall–Kier alpha value is -0.960. The van der Waals surface area contributed by atoms with Crippen molar-refractivity contribution in [2.24, 2.45) is 11.8 Å². The van der Waals surface area contributed by atoms with Crippen LogP contribution in [0, 0.1) is 23.5 Å². The van der Waals surface area contributed by atoms with Crippen molar-refractivity contribution >= 4 is 0 Å². The zero-order valence-corrected chi connectivity index (χ0v) is 11.9. The maximum Gasteiger partial charge on any atom is 0.163 e. The van der Waals surface area contributed by atoms with Gasteiger partial charge in [-0.15, -0.1) is 0 Å². The Kier molecular flexibility index (Phi) is 4.56. The van der Waals surface area contributed by atoms with Crippen LogP contribution in [0.15, 0.2) is 18.2 Å². The first-order valence-corrected chi connectivity index (χ1v) is 7.17. The predicted molar refractivity (Wildman–Crippen MR) is 73.9 cm³/mol. The van der Waals surface area contributed by atoms with Crippen LogP contribution in [0.25, 0.3) is 0 Å². The first kappa shape index (κ1) is 14.4. The van der Waals surface area contributed by atoms with E-state index in [2.05, 4.69) is 19.2 Å². The standard InChI is InChI=1S/C16H23F2N/c1-10-7-11(2)9-13(8-10)19-12(3)14-5-4-6-15(17)16(14)18/h4-6,10-13,19H,7-9H2,1-3H3. The van der Waals surface area contributed by atoms with Gasteiger partial charge < -0.3 is 5.32 Å². The molecule has 0 heterocycles. The fourth-order valence-corrected chi connectivity index (χ4v) is 3.38. The lowest BCUT2D eigenvalue weighted by Crippen LogP contribution is -2.38. The molecule has 1 saturated carbocycles. The summed E-state index contributed by atoms with van der Waals surface area (Å²) in [6, 6.07) is 4.63. The van der Waals surface area contributed by atoms with Gasteiger partial charge in [-0.25, -0.2) is 8.78 Å². The van der Waals surface area contributed by atoms with Crippen molar-refractivity contribution in [2.75, 3.05) is 0 Å². The van der Waals surface area contributed by atoms with Crippen LogP contribution in [0.3, 0.4) is 0 Å². The largest absolute Gasteiger partial charge is 0.307 e. The summed E-state index contributed by atoms with van der Waals surface area (Å²) in [5.41, 5.74) is 0.422. The molecular weight excluding hydrogens is 244 g/mol. The first-order chi connectivity index (χ1) is 8.97. The Morgan fingerprint density at radius 2 is 1.74 bits per heavy atom. The molecule has 106 valence electrons. The summed E-state index contributed by atoms with van der Waals surface area (Å²) in [6.07, 6.45) is 3.50. The molecule has 1 aliphatic rings. The van der Waals surface area contributed by atoms with Gasteiger partial charge in [-0.1, -0.05) is 26.0 Å². The van der Waals surface area contributed by atoms with E-state index in [1.54, 1.807) is 12.1 Å². The molecule has 3 unspecified atom stereocenters. The third kappa shape index (κ3) is 3.53. The van der Waals surface area contributed by atoms with Crippen LogP contribution < -0.4 is 5.32 Å². The van der Waals surface area contributed by atoms with E-state index in [9.17, 15) is 8.78 Å². The highest BCUT2D eigenvalue weighted by atomic mass is 19.2. The number of halogens is 2. The smallest absolute Gasteiger partial charge is 0.163 e. The summed E-state index contributed by atoms with van der Waals surface area (Å²) in [5, 5.41) is 3.46. The minimum Gasteiger partial charge on any atom is -0.307 e. The van der Waals surface area contributed by atoms with Gasteiger partial charge >= 0.3 is 0 Å². The van der Waals surface area contributed by atoms with Crippen LogP contribution in [0.2, 0.25) is 0 Å². The summed E-state index contributed by atoms with van der Waals surface area (Å²) < 4.78 is 27.0. The molecule has 0 saturated heterocycles. The summed E-state index contributed by atoms with van der Waals surface area (Å²) >= 11 is 0. The average Bonchev–Trinajstić information content (AvgIpc) is 2.31. The van der Waals surface area contributed by atoms with Crippen LogP contribution in [-0.2, 0) is 0 Å². The summed E-state index contributed by atoms with van der Waals surface area (Å²) in [7, 11) is 0. The number of hydrogen-bond donors (Lipinski definition) is 1. The lowest BCUT2D eigenvalue weighted by atomic mass is 9.80. The van der Waals surface area contributed by atoms with Gasteiger partial charge in [-0.3, -0.25) is 0 Å². The summed E-state index contributed by atoms with van der Waals surface area (Å²) in [4.78, 5) is 0. The van der Waals surface area contributed by atoms with Crippen molar-refractivity contribution < 1.29 is 8.78 Å². The molecule has 1 aromatic rings. The number of nitrogens with one attached hydrogen (secondary N) is 1. The maximum atomic E-state index is 13.7. The van der Waals surface area contributed by atoms with Crippen molar-refractivity contribution in [1.82, 2.24) is 5.32 Å². The maximum absolute atomic E-state index is 13.7. The van der Waals surface area contributed by atoms with Crippen molar-refractivity contribution in [1.29, 1.82) is 0 Å². The van der Waals surface area contributed by atoms with E-state index in [0.717, 1.165) is 18.9 Å². The molecule has 1 fully saturated rings. The molecule has 0 bridgehead atoms. The minimum atomic E-state index is -0.767. The van der Waals surface area contributed by atoms with Gasteiger partial charge in [-0.2, -0.15) is 0 Å². The van der Waals surface area contributed by atoms with Gasteiger partial charge in [0.2, 0.25) is 0 Å². The second kappa shape index (κ2) is 6.00. The summed E-state index contributed by atoms with van der Waals surface area (Å²) in [5.74, 6) is -0.0902. The van der Waals surface area contributed by atoms with E-state index >= 15 is 0 Å². The van der Waals surface area contributed by atoms with Crippen molar-refractivity contribution in [3.05, 3.63) is 35.4 Å². The lowest BCUT2D eigenvalue weighted by Gasteiger charge is -2.34. The van der Waals surface area contributed by atoms with Crippen molar-refractivity contribution in [3.8, 4) is 0 Å². The van der Waals surface area contributed by atoms with Gasteiger partial charge in [0.15, 0.2) is 11.6 Å². The fraction of sp³-hybridized carbons (Fsp3) is 0.625. The Morgan fingerprint density at radius 1 is 1.11 bits per heavy atom. The van der Waals surface area contributed by atoms with Crippen LogP contribution in [0.1, 0.15) is 51.6 Å². The number of hydrogen-bond acceptors (Lipinski definition) is 1. The molecule has 2 rings (SSSR count). The molecule has 0 aliphatic heterocycles. The van der Waals surface area contributed by atoms with E-state index in [0.29, 0.717) is 23.4 Å². The van der Waals surface area contributed by atoms with E-state index in [1.165, 1.54) is 6.42 Å². The highest BCUT2D eigenvalue weighted by Crippen LogP contribution is 2.30. The van der Waals surface area contributed by atoms with Crippen LogP contribution >= 0.6 is 0 Å². The zero-order chi connectivity index (χ0) is 14.0. The highest BCUT2D eigenvalue weighted by molar-refractivity contribution is 5.22. The Balaban J connectivity index is 2.04. The Bertz CT molecular complexity index is 423. The van der Waals surface area contributed by atoms with Gasteiger partial charge in [-0.05, 0) is 44.1 Å². The molecule has 0 radical (unpaired) electrons. The van der Waals surface area contributed by atoms with Crippen LogP contribution in [-0.4, -0.2) is 6.04 Å². The molecule has 1 aliphatic carbocycles. The fourth-order valence-electron chi connectivity index (χ4n) is 3.38. The van der Waals surface area contributed by atoms with Gasteiger partial charge in [0.1, 0.15) is 0 Å². The zero-order valence-electron chi connectivity index (χ0n) is 11.9. The van der Waals surface area contributed by atoms with E-state index in [1.807, 2.05) is 6.92 Å². The molecule has 0 spiro atoms. The highest BCUT2D eigenvalue weighted by Gasteiger charge is 2.25. The Labute approximate surface area is 114 Å². The minimum absolute atomic E-state index is 0.154. The first-order valence-electron chi connectivity index (χ1n) is 7.17. The molecule has 19 heavy (non-hydrogen) atoms. The van der Waals surface area contributed by atoms with E-state index in [4.69, 9.17) is 0 Å². The second-order valence-corrected chi connectivity index (χ2v) is 6.15. The van der Waals surface area contributed by atoms with E-state index in [-0.39, 0.29) is 6.04 Å². The third-order valence-corrected chi connectivity index (χ3v) is 4.11. The van der Waals surface area contributed by atoms with Gasteiger partial charge in [0.05, 0.1) is 0 Å². The SMILES string of the molecule is CC1CC(C)CC(NC(C)c2cccc(F)c2F)C1. The number of rotatable bonds is 3. The van der Waals surface area contributed by atoms with Crippen LogP contribution in [0.4, 0.5) is 8.78 Å². The number of benzene rings is 1. The molecule has 0 amide bonds. The monoisotopic (exact) mass is 267 g/mol. The molecule has 3 atom stereocenters. The Morgan fingerprint density at radius 3 is 2.37 bits per heavy atom. The summed E-state index contributed by atoms with van der Waals surface area (Å²) in [6.45, 7) is 6.43. The molecule has 1 aromatic carbocycles. The topological polar surface area (TPSA) is 12.0 Å². The van der Waals surface area contributed by atoms with Crippen molar-refractivity contribution in [3.63, 3.8) is 0 Å². The normalized spacial score (nSPS) is 29.2. The van der Waals surface area contributed by atoms with Gasteiger partial charge in [0, 0.05) is 17.6 Å². The second-order valence-electron chi connectivity index (χ2n) is 6.15. The van der Waals surface area contributed by atoms with E-state index < -0.39 is 11.6 Å². The average molecular weight is 267 g/mol.